The number of carbonyl (C=O) groups excluding carboxylic acids is 1. The molecular weight excluding hydrogens is 363 g/mol. The summed E-state index contributed by atoms with van der Waals surface area (Å²) in [6.07, 6.45) is -4.87. The van der Waals surface area contributed by atoms with Gasteiger partial charge in [0.05, 0.1) is 0 Å². The summed E-state index contributed by atoms with van der Waals surface area (Å²) in [6.45, 7) is 0. The standard InChI is InChI=1S/C12H6ClF5N4O2/c13-11(14,15)10(24)21-7-3-1-2-5(19-7)9-20-6(12(16,17)18)4-8(23)22-9/h1-4H,(H,19,21,24)(H,20,22,23). The fourth-order valence-electron chi connectivity index (χ4n) is 1.55. The number of hydrogen-bond acceptors (Lipinski definition) is 4. The lowest BCUT2D eigenvalue weighted by Crippen LogP contribution is -2.29. The van der Waals surface area contributed by atoms with Crippen molar-refractivity contribution in [3.63, 3.8) is 0 Å². The van der Waals surface area contributed by atoms with E-state index in [0.29, 0.717) is 0 Å². The van der Waals surface area contributed by atoms with Crippen LogP contribution in [0.2, 0.25) is 0 Å². The lowest BCUT2D eigenvalue weighted by atomic mass is 10.3. The summed E-state index contributed by atoms with van der Waals surface area (Å²) in [5.41, 5.74) is -2.82. The molecule has 0 bridgehead atoms. The van der Waals surface area contributed by atoms with Crippen molar-refractivity contribution in [2.75, 3.05) is 5.32 Å². The van der Waals surface area contributed by atoms with Gasteiger partial charge in [0, 0.05) is 6.07 Å². The van der Waals surface area contributed by atoms with Gasteiger partial charge in [-0.1, -0.05) is 6.07 Å². The normalized spacial score (nSPS) is 12.1. The van der Waals surface area contributed by atoms with Gasteiger partial charge >= 0.3 is 17.5 Å². The summed E-state index contributed by atoms with van der Waals surface area (Å²) in [5.74, 6) is -2.85. The van der Waals surface area contributed by atoms with Crippen molar-refractivity contribution in [1.29, 1.82) is 0 Å². The molecule has 128 valence electrons. The summed E-state index contributed by atoms with van der Waals surface area (Å²) in [7, 11) is 0. The zero-order chi connectivity index (χ0) is 18.1. The highest BCUT2D eigenvalue weighted by atomic mass is 35.5. The molecule has 0 atom stereocenters. The molecule has 0 aromatic carbocycles. The van der Waals surface area contributed by atoms with Crippen molar-refractivity contribution in [2.45, 2.75) is 11.6 Å². The van der Waals surface area contributed by atoms with E-state index in [1.807, 2.05) is 4.98 Å². The highest BCUT2D eigenvalue weighted by molar-refractivity contribution is 6.33. The topological polar surface area (TPSA) is 87.7 Å². The summed E-state index contributed by atoms with van der Waals surface area (Å²) in [5, 5.41) is -2.52. The fraction of sp³-hybridized carbons (Fsp3) is 0.167. The van der Waals surface area contributed by atoms with Crippen LogP contribution in [-0.4, -0.2) is 26.2 Å². The van der Waals surface area contributed by atoms with Crippen LogP contribution < -0.4 is 10.9 Å². The Morgan fingerprint density at radius 1 is 1.17 bits per heavy atom. The summed E-state index contributed by atoms with van der Waals surface area (Å²) < 4.78 is 63.2. The minimum Gasteiger partial charge on any atom is -0.305 e. The minimum atomic E-state index is -4.87. The first kappa shape index (κ1) is 17.8. The molecule has 2 aromatic rings. The van der Waals surface area contributed by atoms with Gasteiger partial charge in [-0.3, -0.25) is 9.59 Å². The van der Waals surface area contributed by atoms with Crippen LogP contribution in [0.5, 0.6) is 0 Å². The number of halogens is 6. The zero-order valence-corrected chi connectivity index (χ0v) is 12.0. The second-order valence-electron chi connectivity index (χ2n) is 4.34. The zero-order valence-electron chi connectivity index (χ0n) is 11.3. The van der Waals surface area contributed by atoms with Crippen molar-refractivity contribution in [3.8, 4) is 11.5 Å². The Labute approximate surface area is 134 Å². The molecule has 0 spiro atoms. The molecule has 0 saturated carbocycles. The van der Waals surface area contributed by atoms with Crippen LogP contribution in [0.1, 0.15) is 5.69 Å². The van der Waals surface area contributed by atoms with E-state index in [1.54, 1.807) is 5.32 Å². The van der Waals surface area contributed by atoms with Crippen LogP contribution >= 0.6 is 11.6 Å². The molecule has 0 radical (unpaired) electrons. The van der Waals surface area contributed by atoms with Gasteiger partial charge in [-0.05, 0) is 23.7 Å². The third-order valence-corrected chi connectivity index (χ3v) is 2.69. The van der Waals surface area contributed by atoms with Gasteiger partial charge in [0.2, 0.25) is 0 Å². The molecule has 24 heavy (non-hydrogen) atoms. The third-order valence-electron chi connectivity index (χ3n) is 2.52. The van der Waals surface area contributed by atoms with E-state index >= 15 is 0 Å². The Hall–Kier alpha value is -2.56. The molecule has 2 aromatic heterocycles. The summed E-state index contributed by atoms with van der Waals surface area (Å²) >= 11 is 4.52. The highest BCUT2D eigenvalue weighted by Gasteiger charge is 2.36. The van der Waals surface area contributed by atoms with Crippen LogP contribution in [0.4, 0.5) is 27.8 Å². The first-order valence-corrected chi connectivity index (χ1v) is 6.39. The Kier molecular flexibility index (Phi) is 4.56. The number of carbonyl (C=O) groups is 1. The van der Waals surface area contributed by atoms with Crippen LogP contribution in [0.25, 0.3) is 11.5 Å². The van der Waals surface area contributed by atoms with E-state index in [2.05, 4.69) is 21.6 Å². The Morgan fingerprint density at radius 3 is 2.42 bits per heavy atom. The largest absolute Gasteiger partial charge is 0.433 e. The molecule has 2 N–H and O–H groups in total. The van der Waals surface area contributed by atoms with E-state index in [0.717, 1.165) is 12.1 Å². The van der Waals surface area contributed by atoms with Gasteiger partial charge in [0.15, 0.2) is 11.5 Å². The van der Waals surface area contributed by atoms with Crippen molar-refractivity contribution >= 4 is 23.3 Å². The Balaban J connectivity index is 2.41. The van der Waals surface area contributed by atoms with Crippen molar-refractivity contribution in [1.82, 2.24) is 15.0 Å². The molecule has 0 aliphatic rings. The smallest absolute Gasteiger partial charge is 0.305 e. The Bertz CT molecular complexity index is 831. The predicted octanol–water partition coefficient (Wildman–Crippen LogP) is 2.62. The summed E-state index contributed by atoms with van der Waals surface area (Å²) in [4.78, 5) is 31.3. The maximum Gasteiger partial charge on any atom is 0.433 e. The van der Waals surface area contributed by atoms with E-state index < -0.39 is 40.4 Å². The number of rotatable bonds is 3. The van der Waals surface area contributed by atoms with Gasteiger partial charge in [-0.25, -0.2) is 9.97 Å². The summed E-state index contributed by atoms with van der Waals surface area (Å²) in [6, 6.07) is 3.70. The average molecular weight is 369 g/mol. The lowest BCUT2D eigenvalue weighted by molar-refractivity contribution is -0.141. The quantitative estimate of drug-likeness (QED) is 0.644. The average Bonchev–Trinajstić information content (AvgIpc) is 2.45. The van der Waals surface area contributed by atoms with Gasteiger partial charge < -0.3 is 10.3 Å². The van der Waals surface area contributed by atoms with Crippen molar-refractivity contribution < 1.29 is 26.7 Å². The van der Waals surface area contributed by atoms with E-state index in [1.165, 1.54) is 6.07 Å². The van der Waals surface area contributed by atoms with Gasteiger partial charge in [0.1, 0.15) is 11.5 Å². The molecule has 0 aliphatic heterocycles. The molecule has 0 aliphatic carbocycles. The van der Waals surface area contributed by atoms with Crippen molar-refractivity contribution in [3.05, 3.63) is 40.3 Å². The SMILES string of the molecule is O=C(Nc1cccc(-c2nc(C(F)(F)F)cc(=O)[nH]2)n1)C(F)(F)Cl. The third kappa shape index (κ3) is 4.25. The molecule has 12 heteroatoms. The van der Waals surface area contributed by atoms with Gasteiger partial charge in [-0.15, -0.1) is 0 Å². The van der Waals surface area contributed by atoms with Crippen LogP contribution in [0.15, 0.2) is 29.1 Å². The number of anilines is 1. The second kappa shape index (κ2) is 6.15. The van der Waals surface area contributed by atoms with Crippen molar-refractivity contribution in [2.24, 2.45) is 0 Å². The number of alkyl halides is 6. The molecule has 0 saturated heterocycles. The molecule has 1 amide bonds. The number of nitrogens with one attached hydrogen (secondary N) is 2. The van der Waals surface area contributed by atoms with E-state index in [-0.39, 0.29) is 11.8 Å². The number of aromatic nitrogens is 3. The van der Waals surface area contributed by atoms with Gasteiger partial charge in [0.25, 0.3) is 5.56 Å². The van der Waals surface area contributed by atoms with Crippen LogP contribution in [0, 0.1) is 0 Å². The minimum absolute atomic E-state index is 0.253. The maximum absolute atomic E-state index is 12.7. The first-order valence-electron chi connectivity index (χ1n) is 6.01. The highest BCUT2D eigenvalue weighted by Crippen LogP contribution is 2.27. The molecule has 0 fully saturated rings. The number of aromatic amines is 1. The first-order chi connectivity index (χ1) is 11.0. The molecule has 2 heterocycles. The van der Waals surface area contributed by atoms with Crippen LogP contribution in [0.3, 0.4) is 0 Å². The van der Waals surface area contributed by atoms with Gasteiger partial charge in [-0.2, -0.15) is 22.0 Å². The number of pyridine rings is 1. The number of hydrogen-bond donors (Lipinski definition) is 2. The maximum atomic E-state index is 12.7. The molecule has 2 rings (SSSR count). The second-order valence-corrected chi connectivity index (χ2v) is 4.81. The fourth-order valence-corrected chi connectivity index (χ4v) is 1.59. The van der Waals surface area contributed by atoms with Crippen LogP contribution in [-0.2, 0) is 11.0 Å². The molecule has 6 nitrogen and oxygen atoms in total. The van der Waals surface area contributed by atoms with E-state index in [9.17, 15) is 31.5 Å². The Morgan fingerprint density at radius 2 is 1.83 bits per heavy atom. The lowest BCUT2D eigenvalue weighted by Gasteiger charge is -2.10. The number of H-pyrrole nitrogens is 1. The van der Waals surface area contributed by atoms with E-state index in [4.69, 9.17) is 0 Å². The molecular formula is C12H6ClF5N4O2. The number of amides is 1. The number of nitrogens with zero attached hydrogens (tertiary/aromatic N) is 2. The monoisotopic (exact) mass is 368 g/mol. The predicted molar refractivity (Wildman–Crippen MR) is 72.5 cm³/mol. The molecule has 0 unspecified atom stereocenters.